The van der Waals surface area contributed by atoms with Crippen molar-refractivity contribution < 1.29 is 4.74 Å². The van der Waals surface area contributed by atoms with Crippen molar-refractivity contribution in [2.24, 2.45) is 11.3 Å². The van der Waals surface area contributed by atoms with Crippen molar-refractivity contribution in [3.8, 4) is 0 Å². The van der Waals surface area contributed by atoms with Gasteiger partial charge in [-0.15, -0.1) is 0 Å². The molecule has 1 saturated carbocycles. The van der Waals surface area contributed by atoms with Crippen LogP contribution in [-0.2, 0) is 11.2 Å². The largest absolute Gasteiger partial charge is 0.384 e. The Morgan fingerprint density at radius 1 is 1.24 bits per heavy atom. The predicted molar refractivity (Wildman–Crippen MR) is 72.1 cm³/mol. The van der Waals surface area contributed by atoms with E-state index in [0.29, 0.717) is 5.41 Å². The molecular weight excluding hydrogens is 208 g/mol. The lowest BCUT2D eigenvalue weighted by Gasteiger charge is -2.47. The summed E-state index contributed by atoms with van der Waals surface area (Å²) in [6.45, 7) is 3.29. The van der Waals surface area contributed by atoms with Crippen LogP contribution >= 0.6 is 0 Å². The first-order valence-corrected chi connectivity index (χ1v) is 6.81. The van der Waals surface area contributed by atoms with Crippen LogP contribution in [0.3, 0.4) is 0 Å². The summed E-state index contributed by atoms with van der Waals surface area (Å²) in [4.78, 5) is 0. The zero-order valence-corrected chi connectivity index (χ0v) is 11.1. The van der Waals surface area contributed by atoms with Gasteiger partial charge in [0, 0.05) is 13.7 Å². The van der Waals surface area contributed by atoms with E-state index in [2.05, 4.69) is 37.3 Å². The fourth-order valence-corrected chi connectivity index (χ4v) is 3.24. The van der Waals surface area contributed by atoms with Gasteiger partial charge in [0.05, 0.1) is 0 Å². The molecule has 0 atom stereocenters. The number of rotatable bonds is 6. The molecule has 0 heterocycles. The Balaban J connectivity index is 1.82. The lowest BCUT2D eigenvalue weighted by Crippen LogP contribution is -2.39. The molecule has 0 aliphatic heterocycles. The third-order valence-corrected chi connectivity index (χ3v) is 4.38. The van der Waals surface area contributed by atoms with Gasteiger partial charge in [0.25, 0.3) is 0 Å². The maximum atomic E-state index is 5.25. The Morgan fingerprint density at radius 2 is 1.94 bits per heavy atom. The van der Waals surface area contributed by atoms with Crippen molar-refractivity contribution in [1.82, 2.24) is 0 Å². The average molecular weight is 232 g/mol. The number of benzene rings is 1. The number of hydrogen-bond donors (Lipinski definition) is 0. The van der Waals surface area contributed by atoms with Gasteiger partial charge in [0.1, 0.15) is 0 Å². The van der Waals surface area contributed by atoms with Gasteiger partial charge in [-0.3, -0.25) is 0 Å². The zero-order chi connectivity index (χ0) is 12.1. The van der Waals surface area contributed by atoms with Crippen molar-refractivity contribution in [1.29, 1.82) is 0 Å². The van der Waals surface area contributed by atoms with Crippen molar-refractivity contribution in [3.63, 3.8) is 0 Å². The SMILES string of the molecule is CCC1(CCc2ccccc2)CC(COC)C1. The monoisotopic (exact) mass is 232 g/mol. The van der Waals surface area contributed by atoms with E-state index in [1.807, 2.05) is 7.11 Å². The quantitative estimate of drug-likeness (QED) is 0.718. The van der Waals surface area contributed by atoms with Gasteiger partial charge in [0.2, 0.25) is 0 Å². The van der Waals surface area contributed by atoms with E-state index in [0.717, 1.165) is 12.5 Å². The van der Waals surface area contributed by atoms with Crippen LogP contribution in [0.5, 0.6) is 0 Å². The second-order valence-electron chi connectivity index (χ2n) is 5.57. The molecule has 1 aliphatic rings. The molecule has 1 heteroatoms. The molecule has 0 N–H and O–H groups in total. The fraction of sp³-hybridized carbons (Fsp3) is 0.625. The number of aryl methyl sites for hydroxylation is 1. The molecule has 94 valence electrons. The van der Waals surface area contributed by atoms with E-state index in [9.17, 15) is 0 Å². The molecule has 0 unspecified atom stereocenters. The molecular formula is C16H24O. The fourth-order valence-electron chi connectivity index (χ4n) is 3.24. The third-order valence-electron chi connectivity index (χ3n) is 4.38. The minimum absolute atomic E-state index is 0.610. The Kier molecular flexibility index (Phi) is 4.22. The highest BCUT2D eigenvalue weighted by atomic mass is 16.5. The third kappa shape index (κ3) is 3.10. The summed E-state index contributed by atoms with van der Waals surface area (Å²) in [7, 11) is 1.82. The summed E-state index contributed by atoms with van der Waals surface area (Å²) in [5, 5.41) is 0. The van der Waals surface area contributed by atoms with Gasteiger partial charge in [0.15, 0.2) is 0 Å². The first-order valence-electron chi connectivity index (χ1n) is 6.81. The zero-order valence-electron chi connectivity index (χ0n) is 11.1. The Morgan fingerprint density at radius 3 is 2.53 bits per heavy atom. The lowest BCUT2D eigenvalue weighted by atomic mass is 9.58. The molecule has 1 aromatic carbocycles. The maximum absolute atomic E-state index is 5.25. The normalized spacial score (nSPS) is 27.8. The van der Waals surface area contributed by atoms with Crippen LogP contribution in [0.2, 0.25) is 0 Å². The van der Waals surface area contributed by atoms with E-state index in [-0.39, 0.29) is 0 Å². The minimum atomic E-state index is 0.610. The number of hydrogen-bond acceptors (Lipinski definition) is 1. The van der Waals surface area contributed by atoms with E-state index in [4.69, 9.17) is 4.74 Å². The molecule has 0 saturated heterocycles. The molecule has 0 amide bonds. The van der Waals surface area contributed by atoms with Crippen LogP contribution in [0.15, 0.2) is 30.3 Å². The predicted octanol–water partition coefficient (Wildman–Crippen LogP) is 4.07. The van der Waals surface area contributed by atoms with Crippen LogP contribution in [0.1, 0.15) is 38.2 Å². The van der Waals surface area contributed by atoms with E-state index >= 15 is 0 Å². The summed E-state index contributed by atoms with van der Waals surface area (Å²) in [5.41, 5.74) is 2.09. The molecule has 1 aliphatic carbocycles. The second kappa shape index (κ2) is 5.68. The average Bonchev–Trinajstić information content (AvgIpc) is 2.33. The topological polar surface area (TPSA) is 9.23 Å². The molecule has 17 heavy (non-hydrogen) atoms. The summed E-state index contributed by atoms with van der Waals surface area (Å²) in [6, 6.07) is 10.9. The smallest absolute Gasteiger partial charge is 0.0490 e. The molecule has 0 aromatic heterocycles. The molecule has 0 bridgehead atoms. The van der Waals surface area contributed by atoms with Crippen LogP contribution in [0.4, 0.5) is 0 Å². The first-order chi connectivity index (χ1) is 8.28. The highest BCUT2D eigenvalue weighted by molar-refractivity contribution is 5.15. The van der Waals surface area contributed by atoms with Gasteiger partial charge in [-0.05, 0) is 42.6 Å². The highest BCUT2D eigenvalue weighted by Gasteiger charge is 2.41. The highest BCUT2D eigenvalue weighted by Crippen LogP contribution is 2.51. The van der Waals surface area contributed by atoms with E-state index in [1.165, 1.54) is 37.7 Å². The van der Waals surface area contributed by atoms with Crippen LogP contribution in [-0.4, -0.2) is 13.7 Å². The van der Waals surface area contributed by atoms with Crippen molar-refractivity contribution in [3.05, 3.63) is 35.9 Å². The standard InChI is InChI=1S/C16H24O/c1-3-16(11-15(12-16)13-17-2)10-9-14-7-5-4-6-8-14/h4-8,15H,3,9-13H2,1-2H3. The van der Waals surface area contributed by atoms with E-state index < -0.39 is 0 Å². The van der Waals surface area contributed by atoms with Gasteiger partial charge in [-0.25, -0.2) is 0 Å². The minimum Gasteiger partial charge on any atom is -0.384 e. The summed E-state index contributed by atoms with van der Waals surface area (Å²) >= 11 is 0. The molecule has 0 spiro atoms. The van der Waals surface area contributed by atoms with Gasteiger partial charge < -0.3 is 4.74 Å². The Bertz CT molecular complexity index is 325. The van der Waals surface area contributed by atoms with Gasteiger partial charge in [-0.2, -0.15) is 0 Å². The van der Waals surface area contributed by atoms with Crippen LogP contribution < -0.4 is 0 Å². The summed E-state index contributed by atoms with van der Waals surface area (Å²) in [5.74, 6) is 0.815. The molecule has 0 radical (unpaired) electrons. The Labute approximate surface area is 105 Å². The lowest BCUT2D eigenvalue weighted by molar-refractivity contribution is -0.00696. The van der Waals surface area contributed by atoms with Crippen molar-refractivity contribution in [2.45, 2.75) is 39.0 Å². The Hall–Kier alpha value is -0.820. The summed E-state index contributed by atoms with van der Waals surface area (Å²) < 4.78 is 5.25. The van der Waals surface area contributed by atoms with Crippen LogP contribution in [0.25, 0.3) is 0 Å². The maximum Gasteiger partial charge on any atom is 0.0490 e. The van der Waals surface area contributed by atoms with Gasteiger partial charge in [-0.1, -0.05) is 43.7 Å². The number of ether oxygens (including phenoxy) is 1. The van der Waals surface area contributed by atoms with Crippen molar-refractivity contribution >= 4 is 0 Å². The molecule has 1 aromatic rings. The summed E-state index contributed by atoms with van der Waals surface area (Å²) in [6.07, 6.45) is 6.62. The molecule has 1 nitrogen and oxygen atoms in total. The van der Waals surface area contributed by atoms with E-state index in [1.54, 1.807) is 0 Å². The molecule has 1 fully saturated rings. The van der Waals surface area contributed by atoms with Gasteiger partial charge >= 0.3 is 0 Å². The van der Waals surface area contributed by atoms with Crippen molar-refractivity contribution in [2.75, 3.05) is 13.7 Å². The molecule has 2 rings (SSSR count). The van der Waals surface area contributed by atoms with Crippen LogP contribution in [0, 0.1) is 11.3 Å². The number of methoxy groups -OCH3 is 1. The second-order valence-corrected chi connectivity index (χ2v) is 5.57. The first kappa shape index (κ1) is 12.6.